The molecule has 1 aromatic heterocycles. The number of para-hydroxylation sites is 1. The van der Waals surface area contributed by atoms with Crippen LogP contribution in [0.1, 0.15) is 15.9 Å². The number of rotatable bonds is 3. The van der Waals surface area contributed by atoms with Gasteiger partial charge in [-0.05, 0) is 48.6 Å². The Labute approximate surface area is 175 Å². The zero-order chi connectivity index (χ0) is 20.7. The maximum absolute atomic E-state index is 13.0. The molecule has 2 aromatic carbocycles. The molecule has 0 saturated carbocycles. The Balaban J connectivity index is 1.48. The number of allylic oxidation sites excluding steroid dienone is 3. The zero-order valence-electron chi connectivity index (χ0n) is 16.8. The third-order valence-electron chi connectivity index (χ3n) is 5.38. The number of hydrogen-bond acceptors (Lipinski definition) is 4. The smallest absolute Gasteiger partial charge is 0.256 e. The summed E-state index contributed by atoms with van der Waals surface area (Å²) in [7, 11) is 4.03. The van der Waals surface area contributed by atoms with Crippen molar-refractivity contribution in [1.29, 1.82) is 0 Å². The summed E-state index contributed by atoms with van der Waals surface area (Å²) < 4.78 is 6.09. The second-order valence-electron chi connectivity index (χ2n) is 7.55. The van der Waals surface area contributed by atoms with Crippen molar-refractivity contribution in [1.82, 2.24) is 10.3 Å². The molecule has 3 aromatic rings. The average Bonchev–Trinajstić information content (AvgIpc) is 2.97. The first-order valence-corrected chi connectivity index (χ1v) is 9.84. The number of amides is 1. The van der Waals surface area contributed by atoms with Crippen LogP contribution in [0.3, 0.4) is 0 Å². The fourth-order valence-electron chi connectivity index (χ4n) is 3.83. The van der Waals surface area contributed by atoms with Gasteiger partial charge in [-0.15, -0.1) is 0 Å². The van der Waals surface area contributed by atoms with Crippen LogP contribution < -0.4 is 15.0 Å². The Bertz CT molecular complexity index is 1250. The molecule has 2 aliphatic rings. The Morgan fingerprint density at radius 2 is 2.00 bits per heavy atom. The van der Waals surface area contributed by atoms with Crippen LogP contribution in [-0.4, -0.2) is 31.1 Å². The van der Waals surface area contributed by atoms with E-state index in [0.717, 1.165) is 39.2 Å². The van der Waals surface area contributed by atoms with Crippen molar-refractivity contribution in [3.63, 3.8) is 0 Å². The van der Waals surface area contributed by atoms with Gasteiger partial charge in [-0.3, -0.25) is 9.78 Å². The fourth-order valence-corrected chi connectivity index (χ4v) is 3.83. The van der Waals surface area contributed by atoms with E-state index in [9.17, 15) is 4.79 Å². The lowest BCUT2D eigenvalue weighted by atomic mass is 10.0. The highest BCUT2D eigenvalue weighted by atomic mass is 16.5. The van der Waals surface area contributed by atoms with Crippen molar-refractivity contribution in [2.75, 3.05) is 19.0 Å². The number of aromatic nitrogens is 1. The highest BCUT2D eigenvalue weighted by Gasteiger charge is 2.28. The van der Waals surface area contributed by atoms with Gasteiger partial charge in [0, 0.05) is 48.2 Å². The number of nitrogens with one attached hydrogen (secondary N) is 1. The third kappa shape index (κ3) is 3.14. The number of anilines is 1. The van der Waals surface area contributed by atoms with E-state index in [-0.39, 0.29) is 12.0 Å². The standard InChI is InChI=1S/C25H21N3O2/c1-28(2)17-10-11-24-21(15-17)20-14-16(6-5-9-23(20)30-24)27-25(29)19-12-13-26-22-8-4-3-7-18(19)22/h3-15,23H,1-2H3,(H,27,29). The quantitative estimate of drug-likeness (QED) is 0.717. The number of fused-ring (bicyclic) bond motifs is 4. The van der Waals surface area contributed by atoms with Gasteiger partial charge in [-0.2, -0.15) is 0 Å². The van der Waals surface area contributed by atoms with Crippen LogP contribution in [0.15, 0.2) is 84.7 Å². The minimum Gasteiger partial charge on any atom is -0.481 e. The van der Waals surface area contributed by atoms with Gasteiger partial charge < -0.3 is 15.0 Å². The summed E-state index contributed by atoms with van der Waals surface area (Å²) in [4.78, 5) is 19.5. The third-order valence-corrected chi connectivity index (χ3v) is 5.38. The summed E-state index contributed by atoms with van der Waals surface area (Å²) >= 11 is 0. The molecule has 5 rings (SSSR count). The van der Waals surface area contributed by atoms with E-state index in [1.165, 1.54) is 0 Å². The molecule has 1 amide bonds. The zero-order valence-corrected chi connectivity index (χ0v) is 16.8. The molecule has 30 heavy (non-hydrogen) atoms. The molecule has 0 spiro atoms. The van der Waals surface area contributed by atoms with Crippen LogP contribution in [-0.2, 0) is 0 Å². The number of carbonyl (C=O) groups is 1. The van der Waals surface area contributed by atoms with Gasteiger partial charge in [0.1, 0.15) is 11.9 Å². The Morgan fingerprint density at radius 3 is 2.87 bits per heavy atom. The number of hydrogen-bond donors (Lipinski definition) is 1. The molecule has 5 heteroatoms. The van der Waals surface area contributed by atoms with E-state index in [1.807, 2.05) is 74.8 Å². The normalized spacial score (nSPS) is 16.7. The van der Waals surface area contributed by atoms with Gasteiger partial charge in [0.05, 0.1) is 11.1 Å². The molecular weight excluding hydrogens is 374 g/mol. The molecule has 0 radical (unpaired) electrons. The van der Waals surface area contributed by atoms with E-state index < -0.39 is 0 Å². The number of ether oxygens (including phenoxy) is 1. The first-order chi connectivity index (χ1) is 14.6. The maximum atomic E-state index is 13.0. The molecule has 1 aliphatic carbocycles. The van der Waals surface area contributed by atoms with Gasteiger partial charge in [-0.1, -0.05) is 24.3 Å². The predicted molar refractivity (Wildman–Crippen MR) is 120 cm³/mol. The summed E-state index contributed by atoms with van der Waals surface area (Å²) in [5.41, 5.74) is 5.31. The SMILES string of the molecule is CN(C)c1ccc2c(c1)C1=CC(NC(=O)c3ccnc4ccccc34)=CC=CC1O2. The lowest BCUT2D eigenvalue weighted by Gasteiger charge is -2.13. The summed E-state index contributed by atoms with van der Waals surface area (Å²) in [6.45, 7) is 0. The molecule has 1 aliphatic heterocycles. The van der Waals surface area contributed by atoms with Gasteiger partial charge in [0.25, 0.3) is 5.91 Å². The fraction of sp³-hybridized carbons (Fsp3) is 0.120. The molecule has 0 bridgehead atoms. The van der Waals surface area contributed by atoms with Crippen molar-refractivity contribution in [3.05, 3.63) is 95.9 Å². The maximum Gasteiger partial charge on any atom is 0.256 e. The summed E-state index contributed by atoms with van der Waals surface area (Å²) in [5, 5.41) is 3.88. The molecular formula is C25H21N3O2. The second kappa shape index (κ2) is 7.19. The summed E-state index contributed by atoms with van der Waals surface area (Å²) in [5.74, 6) is 0.693. The number of nitrogens with zero attached hydrogens (tertiary/aromatic N) is 2. The lowest BCUT2D eigenvalue weighted by molar-refractivity contribution is 0.0968. The Kier molecular flexibility index (Phi) is 4.36. The van der Waals surface area contributed by atoms with E-state index in [0.29, 0.717) is 5.56 Å². The van der Waals surface area contributed by atoms with E-state index >= 15 is 0 Å². The van der Waals surface area contributed by atoms with Crippen LogP contribution in [0.5, 0.6) is 5.75 Å². The highest BCUT2D eigenvalue weighted by molar-refractivity contribution is 6.06. The van der Waals surface area contributed by atoms with Gasteiger partial charge >= 0.3 is 0 Å². The molecule has 5 nitrogen and oxygen atoms in total. The van der Waals surface area contributed by atoms with Crippen LogP contribution in [0.4, 0.5) is 5.69 Å². The minimum absolute atomic E-state index is 0.162. The molecule has 0 fully saturated rings. The highest BCUT2D eigenvalue weighted by Crippen LogP contribution is 2.41. The second-order valence-corrected chi connectivity index (χ2v) is 7.55. The van der Waals surface area contributed by atoms with Crippen LogP contribution >= 0.6 is 0 Å². The van der Waals surface area contributed by atoms with E-state index in [1.54, 1.807) is 12.3 Å². The van der Waals surface area contributed by atoms with Crippen molar-refractivity contribution in [2.24, 2.45) is 0 Å². The largest absolute Gasteiger partial charge is 0.481 e. The molecule has 148 valence electrons. The van der Waals surface area contributed by atoms with Gasteiger partial charge in [0.15, 0.2) is 0 Å². The Morgan fingerprint density at radius 1 is 1.13 bits per heavy atom. The van der Waals surface area contributed by atoms with Crippen molar-refractivity contribution < 1.29 is 9.53 Å². The topological polar surface area (TPSA) is 54.5 Å². The minimum atomic E-state index is -0.162. The first kappa shape index (κ1) is 18.2. The van der Waals surface area contributed by atoms with Crippen molar-refractivity contribution >= 4 is 28.1 Å². The number of pyridine rings is 1. The van der Waals surface area contributed by atoms with E-state index in [2.05, 4.69) is 21.3 Å². The summed E-state index contributed by atoms with van der Waals surface area (Å²) in [6.07, 6.45) is 9.32. The number of carbonyl (C=O) groups excluding carboxylic acids is 1. The van der Waals surface area contributed by atoms with E-state index in [4.69, 9.17) is 4.74 Å². The first-order valence-electron chi connectivity index (χ1n) is 9.84. The van der Waals surface area contributed by atoms with Gasteiger partial charge in [0.2, 0.25) is 0 Å². The van der Waals surface area contributed by atoms with Crippen LogP contribution in [0.25, 0.3) is 16.5 Å². The molecule has 2 heterocycles. The molecule has 1 unspecified atom stereocenters. The van der Waals surface area contributed by atoms with Crippen molar-refractivity contribution in [3.8, 4) is 5.75 Å². The van der Waals surface area contributed by atoms with Crippen molar-refractivity contribution in [2.45, 2.75) is 6.10 Å². The molecule has 0 saturated heterocycles. The van der Waals surface area contributed by atoms with Crippen LogP contribution in [0.2, 0.25) is 0 Å². The lowest BCUT2D eigenvalue weighted by Crippen LogP contribution is -2.22. The molecule has 1 atom stereocenters. The Hall–Kier alpha value is -3.86. The number of benzene rings is 2. The molecule has 1 N–H and O–H groups in total. The summed E-state index contributed by atoms with van der Waals surface area (Å²) in [6, 6.07) is 15.6. The monoisotopic (exact) mass is 395 g/mol. The predicted octanol–water partition coefficient (Wildman–Crippen LogP) is 4.33. The average molecular weight is 395 g/mol. The van der Waals surface area contributed by atoms with Crippen LogP contribution in [0, 0.1) is 0 Å². The van der Waals surface area contributed by atoms with Gasteiger partial charge in [-0.25, -0.2) is 0 Å².